The van der Waals surface area contributed by atoms with Crippen LogP contribution in [0.25, 0.3) is 0 Å². The van der Waals surface area contributed by atoms with Crippen molar-refractivity contribution in [2.75, 3.05) is 7.11 Å². The van der Waals surface area contributed by atoms with Crippen LogP contribution in [0.3, 0.4) is 0 Å². The summed E-state index contributed by atoms with van der Waals surface area (Å²) in [4.78, 5) is 5.67. The summed E-state index contributed by atoms with van der Waals surface area (Å²) in [5, 5.41) is 1.96. The molecule has 0 heterocycles. The summed E-state index contributed by atoms with van der Waals surface area (Å²) in [7, 11) is 1.66. The quantitative estimate of drug-likeness (QED) is 0.301. The highest BCUT2D eigenvalue weighted by Crippen LogP contribution is 2.24. The highest BCUT2D eigenvalue weighted by Gasteiger charge is 2.00. The number of methoxy groups -OCH3 is 1. The van der Waals surface area contributed by atoms with E-state index in [1.54, 1.807) is 18.9 Å². The van der Waals surface area contributed by atoms with E-state index in [4.69, 9.17) is 9.47 Å². The fourth-order valence-electron chi connectivity index (χ4n) is 2.18. The van der Waals surface area contributed by atoms with Crippen LogP contribution in [-0.4, -0.2) is 13.0 Å². The molecule has 3 nitrogen and oxygen atoms in total. The van der Waals surface area contributed by atoms with Gasteiger partial charge in [-0.25, -0.2) is 4.99 Å². The normalized spacial score (nSPS) is 11.5. The van der Waals surface area contributed by atoms with Gasteiger partial charge in [-0.2, -0.15) is 0 Å². The summed E-state index contributed by atoms with van der Waals surface area (Å²) in [5.74, 6) is 2.11. The van der Waals surface area contributed by atoms with E-state index in [1.165, 1.54) is 0 Å². The number of hydrogen-bond donors (Lipinski definition) is 0. The second-order valence-corrected chi connectivity index (χ2v) is 6.28. The summed E-state index contributed by atoms with van der Waals surface area (Å²) >= 11 is 1.58. The molecular formula is C22H19NO2S. The van der Waals surface area contributed by atoms with E-state index in [2.05, 4.69) is 4.99 Å². The molecule has 0 bridgehead atoms. The monoisotopic (exact) mass is 361 g/mol. The Morgan fingerprint density at radius 2 is 1.54 bits per heavy atom. The first kappa shape index (κ1) is 17.8. The standard InChI is InChI=1S/C22H19NO2S/c1-24-20-13-8-14-21(17-20)26-16-15-22(23-18-9-4-2-5-10-18)25-19-11-6-3-7-12-19/h2-17H,1H3. The van der Waals surface area contributed by atoms with Crippen molar-refractivity contribution in [1.82, 2.24) is 0 Å². The van der Waals surface area contributed by atoms with Crippen molar-refractivity contribution in [3.05, 3.63) is 96.4 Å². The Morgan fingerprint density at radius 3 is 2.27 bits per heavy atom. The van der Waals surface area contributed by atoms with Crippen LogP contribution in [-0.2, 0) is 0 Å². The SMILES string of the molecule is COc1cccc(SC=CC(=Nc2ccccc2)Oc2ccccc2)c1. The number of aliphatic imine (C=N–C) groups is 1. The zero-order valence-electron chi connectivity index (χ0n) is 14.4. The molecule has 0 saturated heterocycles. The lowest BCUT2D eigenvalue weighted by Gasteiger charge is -2.06. The number of para-hydroxylation sites is 2. The van der Waals surface area contributed by atoms with Crippen LogP contribution in [0.2, 0.25) is 0 Å². The minimum atomic E-state index is 0.526. The van der Waals surface area contributed by atoms with Gasteiger partial charge in [-0.15, -0.1) is 0 Å². The lowest BCUT2D eigenvalue weighted by molar-refractivity contribution is 0.413. The van der Waals surface area contributed by atoms with E-state index in [0.717, 1.165) is 22.1 Å². The Kier molecular flexibility index (Phi) is 6.51. The fourth-order valence-corrected chi connectivity index (χ4v) is 2.86. The first-order valence-corrected chi connectivity index (χ1v) is 9.05. The molecule has 0 saturated carbocycles. The van der Waals surface area contributed by atoms with E-state index in [-0.39, 0.29) is 0 Å². The lowest BCUT2D eigenvalue weighted by Crippen LogP contribution is -2.04. The molecule has 0 aliphatic carbocycles. The van der Waals surface area contributed by atoms with Crippen LogP contribution in [0, 0.1) is 0 Å². The summed E-state index contributed by atoms with van der Waals surface area (Å²) < 4.78 is 11.2. The lowest BCUT2D eigenvalue weighted by atomic mass is 10.3. The van der Waals surface area contributed by atoms with Gasteiger partial charge in [0.25, 0.3) is 0 Å². The molecule has 0 amide bonds. The molecule has 0 unspecified atom stereocenters. The molecule has 0 fully saturated rings. The van der Waals surface area contributed by atoms with Crippen LogP contribution >= 0.6 is 11.8 Å². The van der Waals surface area contributed by atoms with Crippen molar-refractivity contribution in [3.63, 3.8) is 0 Å². The first-order chi connectivity index (χ1) is 12.8. The highest BCUT2D eigenvalue weighted by atomic mass is 32.2. The predicted molar refractivity (Wildman–Crippen MR) is 109 cm³/mol. The molecule has 0 atom stereocenters. The summed E-state index contributed by atoms with van der Waals surface area (Å²) in [6, 6.07) is 27.3. The van der Waals surface area contributed by atoms with E-state index >= 15 is 0 Å². The Bertz CT molecular complexity index is 877. The van der Waals surface area contributed by atoms with Gasteiger partial charge in [-0.1, -0.05) is 54.2 Å². The minimum Gasteiger partial charge on any atom is -0.497 e. The highest BCUT2D eigenvalue weighted by molar-refractivity contribution is 8.02. The van der Waals surface area contributed by atoms with Gasteiger partial charge in [0, 0.05) is 11.0 Å². The zero-order valence-corrected chi connectivity index (χ0v) is 15.2. The molecule has 3 rings (SSSR count). The maximum absolute atomic E-state index is 5.93. The third-order valence-corrected chi connectivity index (χ3v) is 4.22. The number of nitrogens with zero attached hydrogens (tertiary/aromatic N) is 1. The van der Waals surface area contributed by atoms with Gasteiger partial charge in [-0.05, 0) is 47.9 Å². The third kappa shape index (κ3) is 5.53. The second kappa shape index (κ2) is 9.49. The van der Waals surface area contributed by atoms with Crippen LogP contribution in [0.4, 0.5) is 5.69 Å². The third-order valence-electron chi connectivity index (χ3n) is 3.42. The van der Waals surface area contributed by atoms with Crippen molar-refractivity contribution in [2.45, 2.75) is 4.90 Å². The molecule has 0 radical (unpaired) electrons. The molecule has 130 valence electrons. The number of hydrogen-bond acceptors (Lipinski definition) is 4. The molecule has 26 heavy (non-hydrogen) atoms. The van der Waals surface area contributed by atoms with Crippen LogP contribution in [0.1, 0.15) is 0 Å². The molecule has 0 aliphatic heterocycles. The van der Waals surface area contributed by atoms with E-state index in [9.17, 15) is 0 Å². The average molecular weight is 361 g/mol. The Labute approximate surface area is 158 Å². The molecule has 0 N–H and O–H groups in total. The van der Waals surface area contributed by atoms with Crippen molar-refractivity contribution in [2.24, 2.45) is 4.99 Å². The predicted octanol–water partition coefficient (Wildman–Crippen LogP) is 6.11. The molecule has 0 aliphatic rings. The Morgan fingerprint density at radius 1 is 0.846 bits per heavy atom. The van der Waals surface area contributed by atoms with E-state index in [0.29, 0.717) is 5.90 Å². The van der Waals surface area contributed by atoms with Crippen molar-refractivity contribution in [1.29, 1.82) is 0 Å². The van der Waals surface area contributed by atoms with Crippen LogP contribution < -0.4 is 9.47 Å². The van der Waals surface area contributed by atoms with Crippen LogP contribution in [0.5, 0.6) is 11.5 Å². The molecule has 3 aromatic rings. The Balaban J connectivity index is 1.77. The van der Waals surface area contributed by atoms with Crippen molar-refractivity contribution in [3.8, 4) is 11.5 Å². The van der Waals surface area contributed by atoms with Gasteiger partial charge >= 0.3 is 0 Å². The summed E-state index contributed by atoms with van der Waals surface area (Å²) in [6.45, 7) is 0. The maximum Gasteiger partial charge on any atom is 0.220 e. The molecule has 0 spiro atoms. The first-order valence-electron chi connectivity index (χ1n) is 8.17. The number of ether oxygens (including phenoxy) is 2. The maximum atomic E-state index is 5.93. The molecule has 0 aromatic heterocycles. The summed E-state index contributed by atoms with van der Waals surface area (Å²) in [6.07, 6.45) is 1.87. The number of benzene rings is 3. The number of rotatable bonds is 6. The number of thioether (sulfide) groups is 1. The van der Waals surface area contributed by atoms with E-state index in [1.807, 2.05) is 96.4 Å². The zero-order chi connectivity index (χ0) is 18.0. The molecule has 3 aromatic carbocycles. The minimum absolute atomic E-state index is 0.526. The van der Waals surface area contributed by atoms with E-state index < -0.39 is 0 Å². The Hall–Kier alpha value is -2.98. The topological polar surface area (TPSA) is 30.8 Å². The van der Waals surface area contributed by atoms with Gasteiger partial charge in [0.2, 0.25) is 5.90 Å². The fraction of sp³-hybridized carbons (Fsp3) is 0.0455. The molecule has 4 heteroatoms. The largest absolute Gasteiger partial charge is 0.497 e. The van der Waals surface area contributed by atoms with Gasteiger partial charge in [0.15, 0.2) is 0 Å². The van der Waals surface area contributed by atoms with Crippen molar-refractivity contribution < 1.29 is 9.47 Å². The second-order valence-electron chi connectivity index (χ2n) is 5.30. The summed E-state index contributed by atoms with van der Waals surface area (Å²) in [5.41, 5.74) is 0.842. The van der Waals surface area contributed by atoms with Crippen LogP contribution in [0.15, 0.2) is 106 Å². The average Bonchev–Trinajstić information content (AvgIpc) is 2.70. The molecular weight excluding hydrogens is 342 g/mol. The smallest absolute Gasteiger partial charge is 0.220 e. The van der Waals surface area contributed by atoms with Gasteiger partial charge in [0.1, 0.15) is 11.5 Å². The van der Waals surface area contributed by atoms with Gasteiger partial charge in [0.05, 0.1) is 12.8 Å². The van der Waals surface area contributed by atoms with Crippen molar-refractivity contribution >= 4 is 23.3 Å². The van der Waals surface area contributed by atoms with Gasteiger partial charge < -0.3 is 9.47 Å². The van der Waals surface area contributed by atoms with Gasteiger partial charge in [-0.3, -0.25) is 0 Å².